The standard InChI is InChI=1S/C12H26N2/c1-4-6-11(13)9-14-10(3)7-8-12(14)5-2/h10-12H,4-9,13H2,1-3H3. The van der Waals surface area contributed by atoms with Crippen molar-refractivity contribution < 1.29 is 0 Å². The molecule has 0 aromatic heterocycles. The summed E-state index contributed by atoms with van der Waals surface area (Å²) in [5.41, 5.74) is 6.10. The minimum atomic E-state index is 0.384. The fourth-order valence-electron chi connectivity index (χ4n) is 2.63. The van der Waals surface area contributed by atoms with Crippen molar-refractivity contribution in [3.8, 4) is 0 Å². The fourth-order valence-corrected chi connectivity index (χ4v) is 2.63. The van der Waals surface area contributed by atoms with Gasteiger partial charge in [0.2, 0.25) is 0 Å². The molecule has 0 bridgehead atoms. The van der Waals surface area contributed by atoms with E-state index in [0.29, 0.717) is 6.04 Å². The van der Waals surface area contributed by atoms with Gasteiger partial charge in [-0.05, 0) is 32.6 Å². The van der Waals surface area contributed by atoms with Crippen LogP contribution >= 0.6 is 0 Å². The molecule has 0 spiro atoms. The van der Waals surface area contributed by atoms with Crippen molar-refractivity contribution in [3.63, 3.8) is 0 Å². The van der Waals surface area contributed by atoms with Crippen LogP contribution in [-0.2, 0) is 0 Å². The third-order valence-corrected chi connectivity index (χ3v) is 3.53. The zero-order chi connectivity index (χ0) is 10.6. The molecule has 0 aromatic carbocycles. The topological polar surface area (TPSA) is 29.3 Å². The summed E-state index contributed by atoms with van der Waals surface area (Å²) in [5.74, 6) is 0. The summed E-state index contributed by atoms with van der Waals surface area (Å²) in [7, 11) is 0. The van der Waals surface area contributed by atoms with Gasteiger partial charge in [0.15, 0.2) is 0 Å². The van der Waals surface area contributed by atoms with Crippen molar-refractivity contribution >= 4 is 0 Å². The molecule has 3 atom stereocenters. The molecule has 0 aliphatic carbocycles. The van der Waals surface area contributed by atoms with E-state index in [1.165, 1.54) is 32.1 Å². The highest BCUT2D eigenvalue weighted by Gasteiger charge is 2.29. The third-order valence-electron chi connectivity index (χ3n) is 3.53. The van der Waals surface area contributed by atoms with E-state index in [-0.39, 0.29) is 0 Å². The largest absolute Gasteiger partial charge is 0.327 e. The molecule has 0 radical (unpaired) electrons. The first-order valence-electron chi connectivity index (χ1n) is 6.20. The van der Waals surface area contributed by atoms with Gasteiger partial charge in [0.05, 0.1) is 0 Å². The van der Waals surface area contributed by atoms with Crippen LogP contribution in [0, 0.1) is 0 Å². The lowest BCUT2D eigenvalue weighted by atomic mass is 10.1. The van der Waals surface area contributed by atoms with E-state index in [2.05, 4.69) is 25.7 Å². The van der Waals surface area contributed by atoms with Gasteiger partial charge in [-0.3, -0.25) is 4.90 Å². The lowest BCUT2D eigenvalue weighted by molar-refractivity contribution is 0.183. The number of hydrogen-bond acceptors (Lipinski definition) is 2. The summed E-state index contributed by atoms with van der Waals surface area (Å²) >= 11 is 0. The molecule has 0 amide bonds. The maximum atomic E-state index is 6.10. The van der Waals surface area contributed by atoms with E-state index in [1.54, 1.807) is 0 Å². The molecule has 2 N–H and O–H groups in total. The van der Waals surface area contributed by atoms with Gasteiger partial charge in [0, 0.05) is 24.7 Å². The molecule has 1 heterocycles. The predicted molar refractivity (Wildman–Crippen MR) is 62.4 cm³/mol. The van der Waals surface area contributed by atoms with Gasteiger partial charge in [0.25, 0.3) is 0 Å². The lowest BCUT2D eigenvalue weighted by Gasteiger charge is -2.30. The predicted octanol–water partition coefficient (Wildman–Crippen LogP) is 2.38. The maximum Gasteiger partial charge on any atom is 0.0167 e. The summed E-state index contributed by atoms with van der Waals surface area (Å²) in [6.07, 6.45) is 6.39. The van der Waals surface area contributed by atoms with E-state index >= 15 is 0 Å². The van der Waals surface area contributed by atoms with Crippen LogP contribution in [0.15, 0.2) is 0 Å². The Morgan fingerprint density at radius 3 is 2.64 bits per heavy atom. The molecule has 1 aliphatic heterocycles. The van der Waals surface area contributed by atoms with Crippen molar-refractivity contribution in [1.29, 1.82) is 0 Å². The summed E-state index contributed by atoms with van der Waals surface area (Å²) in [6, 6.07) is 1.94. The van der Waals surface area contributed by atoms with E-state index < -0.39 is 0 Å². The van der Waals surface area contributed by atoms with Gasteiger partial charge < -0.3 is 5.73 Å². The number of nitrogens with two attached hydrogens (primary N) is 1. The Morgan fingerprint density at radius 2 is 2.07 bits per heavy atom. The Bertz CT molecular complexity index is 158. The molecule has 2 heteroatoms. The number of nitrogens with zero attached hydrogens (tertiary/aromatic N) is 1. The first kappa shape index (κ1) is 12.0. The highest BCUT2D eigenvalue weighted by Crippen LogP contribution is 2.25. The van der Waals surface area contributed by atoms with E-state index in [1.807, 2.05) is 0 Å². The molecule has 0 saturated carbocycles. The monoisotopic (exact) mass is 198 g/mol. The Labute approximate surface area is 88.8 Å². The molecule has 3 unspecified atom stereocenters. The highest BCUT2D eigenvalue weighted by molar-refractivity contribution is 4.86. The molecule has 1 fully saturated rings. The molecule has 14 heavy (non-hydrogen) atoms. The average Bonchev–Trinajstić information content (AvgIpc) is 2.48. The van der Waals surface area contributed by atoms with Gasteiger partial charge in [0.1, 0.15) is 0 Å². The molecule has 84 valence electrons. The van der Waals surface area contributed by atoms with Crippen LogP contribution in [0.2, 0.25) is 0 Å². The Kier molecular flexibility index (Phi) is 4.90. The van der Waals surface area contributed by atoms with Gasteiger partial charge in [-0.25, -0.2) is 0 Å². The quantitative estimate of drug-likeness (QED) is 0.735. The van der Waals surface area contributed by atoms with Crippen molar-refractivity contribution in [2.24, 2.45) is 5.73 Å². The molecular formula is C12H26N2. The smallest absolute Gasteiger partial charge is 0.0167 e. The summed E-state index contributed by atoms with van der Waals surface area (Å²) in [6.45, 7) is 7.95. The maximum absolute atomic E-state index is 6.10. The van der Waals surface area contributed by atoms with Gasteiger partial charge in [-0.2, -0.15) is 0 Å². The number of hydrogen-bond donors (Lipinski definition) is 1. The third kappa shape index (κ3) is 2.96. The van der Waals surface area contributed by atoms with Crippen molar-refractivity contribution in [2.45, 2.75) is 71.0 Å². The Morgan fingerprint density at radius 1 is 1.36 bits per heavy atom. The Balaban J connectivity index is 2.40. The zero-order valence-corrected chi connectivity index (χ0v) is 10.00. The number of likely N-dealkylation sites (tertiary alicyclic amines) is 1. The second-order valence-electron chi connectivity index (χ2n) is 4.73. The summed E-state index contributed by atoms with van der Waals surface area (Å²) in [5, 5.41) is 0. The normalized spacial score (nSPS) is 30.9. The van der Waals surface area contributed by atoms with Crippen molar-refractivity contribution in [3.05, 3.63) is 0 Å². The van der Waals surface area contributed by atoms with Crippen molar-refractivity contribution in [1.82, 2.24) is 4.90 Å². The highest BCUT2D eigenvalue weighted by atomic mass is 15.2. The van der Waals surface area contributed by atoms with Gasteiger partial charge in [-0.1, -0.05) is 20.3 Å². The number of rotatable bonds is 5. The lowest BCUT2D eigenvalue weighted by Crippen LogP contribution is -2.43. The first-order chi connectivity index (χ1) is 6.69. The van der Waals surface area contributed by atoms with Crippen LogP contribution in [-0.4, -0.2) is 29.6 Å². The van der Waals surface area contributed by atoms with Crippen LogP contribution < -0.4 is 5.73 Å². The molecule has 1 aliphatic rings. The molecule has 2 nitrogen and oxygen atoms in total. The summed E-state index contributed by atoms with van der Waals surface area (Å²) in [4.78, 5) is 2.63. The van der Waals surface area contributed by atoms with E-state index in [9.17, 15) is 0 Å². The molecule has 0 aromatic rings. The second-order valence-corrected chi connectivity index (χ2v) is 4.73. The zero-order valence-electron chi connectivity index (χ0n) is 10.00. The van der Waals surface area contributed by atoms with Gasteiger partial charge in [-0.15, -0.1) is 0 Å². The van der Waals surface area contributed by atoms with Crippen LogP contribution in [0.1, 0.15) is 52.9 Å². The van der Waals surface area contributed by atoms with Crippen LogP contribution in [0.4, 0.5) is 0 Å². The Hall–Kier alpha value is -0.0800. The van der Waals surface area contributed by atoms with Gasteiger partial charge >= 0.3 is 0 Å². The minimum Gasteiger partial charge on any atom is -0.327 e. The van der Waals surface area contributed by atoms with Crippen LogP contribution in [0.25, 0.3) is 0 Å². The minimum absolute atomic E-state index is 0.384. The van der Waals surface area contributed by atoms with Crippen molar-refractivity contribution in [2.75, 3.05) is 6.54 Å². The van der Waals surface area contributed by atoms with Crippen LogP contribution in [0.5, 0.6) is 0 Å². The van der Waals surface area contributed by atoms with E-state index in [0.717, 1.165) is 18.6 Å². The average molecular weight is 198 g/mol. The second kappa shape index (κ2) is 5.72. The first-order valence-corrected chi connectivity index (χ1v) is 6.20. The van der Waals surface area contributed by atoms with Crippen LogP contribution in [0.3, 0.4) is 0 Å². The van der Waals surface area contributed by atoms with E-state index in [4.69, 9.17) is 5.73 Å². The fraction of sp³-hybridized carbons (Fsp3) is 1.00. The molecule has 1 rings (SSSR count). The molecule has 1 saturated heterocycles. The SMILES string of the molecule is CCCC(N)CN1C(C)CCC1CC. The molecular weight excluding hydrogens is 172 g/mol. The summed E-state index contributed by atoms with van der Waals surface area (Å²) < 4.78 is 0.